The highest BCUT2D eigenvalue weighted by Crippen LogP contribution is 2.25. The minimum Gasteiger partial charge on any atom is -0.338 e. The second-order valence-electron chi connectivity index (χ2n) is 4.31. The largest absolute Gasteiger partial charge is 0.338 e. The van der Waals surface area contributed by atoms with Crippen LogP contribution in [0.5, 0.6) is 0 Å². The summed E-state index contributed by atoms with van der Waals surface area (Å²) in [6.45, 7) is 4.18. The molecule has 17 heavy (non-hydrogen) atoms. The fraction of sp³-hybridized carbons (Fsp3) is 0.417. The van der Waals surface area contributed by atoms with Gasteiger partial charge in [0.05, 0.1) is 5.69 Å². The zero-order chi connectivity index (χ0) is 12.4. The van der Waals surface area contributed by atoms with E-state index >= 15 is 0 Å². The molecule has 0 fully saturated rings. The van der Waals surface area contributed by atoms with Gasteiger partial charge in [-0.25, -0.2) is 15.0 Å². The molecule has 0 aliphatic rings. The van der Waals surface area contributed by atoms with Crippen molar-refractivity contribution >= 4 is 11.6 Å². The van der Waals surface area contributed by atoms with Crippen molar-refractivity contribution in [3.8, 4) is 0 Å². The molecule has 2 heterocycles. The smallest absolute Gasteiger partial charge is 0.136 e. The third kappa shape index (κ3) is 2.47. The highest BCUT2D eigenvalue weighted by atomic mass is 35.5. The minimum atomic E-state index is 0.305. The van der Waals surface area contributed by atoms with Crippen LogP contribution in [0.2, 0.25) is 5.15 Å². The molecule has 0 saturated carbocycles. The van der Waals surface area contributed by atoms with Crippen LogP contribution in [0.15, 0.2) is 18.7 Å². The Morgan fingerprint density at radius 2 is 2.06 bits per heavy atom. The van der Waals surface area contributed by atoms with Crippen LogP contribution < -0.4 is 0 Å². The van der Waals surface area contributed by atoms with E-state index in [1.54, 1.807) is 6.20 Å². The maximum absolute atomic E-state index is 6.13. The van der Waals surface area contributed by atoms with Gasteiger partial charge in [-0.15, -0.1) is 0 Å². The van der Waals surface area contributed by atoms with E-state index < -0.39 is 0 Å². The number of aromatic nitrogens is 4. The molecule has 0 amide bonds. The molecule has 2 aromatic rings. The van der Waals surface area contributed by atoms with Crippen molar-refractivity contribution in [2.75, 3.05) is 0 Å². The van der Waals surface area contributed by atoms with Crippen molar-refractivity contribution in [2.24, 2.45) is 7.05 Å². The molecule has 2 rings (SSSR count). The monoisotopic (exact) mass is 250 g/mol. The number of halogens is 1. The molecule has 0 bridgehead atoms. The maximum Gasteiger partial charge on any atom is 0.136 e. The van der Waals surface area contributed by atoms with E-state index in [-0.39, 0.29) is 0 Å². The first-order valence-electron chi connectivity index (χ1n) is 5.55. The van der Waals surface area contributed by atoms with Crippen LogP contribution in [0.4, 0.5) is 0 Å². The van der Waals surface area contributed by atoms with E-state index in [0.717, 1.165) is 17.1 Å². The Balaban J connectivity index is 2.39. The molecule has 0 radical (unpaired) electrons. The standard InChI is InChI=1S/C12H15ClN4/c1-8(2)11-9(15-7-16-12(11)13)6-10-14-4-5-17(10)3/h4-5,7-8H,6H2,1-3H3. The Labute approximate surface area is 106 Å². The SMILES string of the molecule is CC(C)c1c(Cl)ncnc1Cc1nccn1C. The van der Waals surface area contributed by atoms with Crippen LogP contribution >= 0.6 is 11.6 Å². The number of hydrogen-bond acceptors (Lipinski definition) is 3. The number of nitrogens with zero attached hydrogens (tertiary/aromatic N) is 4. The Hall–Kier alpha value is -1.42. The van der Waals surface area contributed by atoms with Crippen molar-refractivity contribution in [1.82, 2.24) is 19.5 Å². The molecule has 4 nitrogen and oxygen atoms in total. The maximum atomic E-state index is 6.13. The summed E-state index contributed by atoms with van der Waals surface area (Å²) >= 11 is 6.13. The Morgan fingerprint density at radius 1 is 1.29 bits per heavy atom. The van der Waals surface area contributed by atoms with Crippen molar-refractivity contribution in [2.45, 2.75) is 26.2 Å². The van der Waals surface area contributed by atoms with Crippen molar-refractivity contribution in [1.29, 1.82) is 0 Å². The molecule has 0 aromatic carbocycles. The highest BCUT2D eigenvalue weighted by Gasteiger charge is 2.15. The number of rotatable bonds is 3. The third-order valence-electron chi connectivity index (χ3n) is 2.74. The lowest BCUT2D eigenvalue weighted by Gasteiger charge is -2.12. The van der Waals surface area contributed by atoms with Crippen LogP contribution in [-0.2, 0) is 13.5 Å². The minimum absolute atomic E-state index is 0.305. The fourth-order valence-electron chi connectivity index (χ4n) is 1.84. The van der Waals surface area contributed by atoms with Crippen molar-refractivity contribution < 1.29 is 0 Å². The number of imidazole rings is 1. The molecular formula is C12H15ClN4. The van der Waals surface area contributed by atoms with Crippen LogP contribution in [-0.4, -0.2) is 19.5 Å². The van der Waals surface area contributed by atoms with Gasteiger partial charge in [-0.1, -0.05) is 25.4 Å². The van der Waals surface area contributed by atoms with Gasteiger partial charge in [0.1, 0.15) is 17.3 Å². The summed E-state index contributed by atoms with van der Waals surface area (Å²) < 4.78 is 1.99. The summed E-state index contributed by atoms with van der Waals surface area (Å²) in [6.07, 6.45) is 5.89. The van der Waals surface area contributed by atoms with Crippen LogP contribution in [0, 0.1) is 0 Å². The summed E-state index contributed by atoms with van der Waals surface area (Å²) in [7, 11) is 1.97. The summed E-state index contributed by atoms with van der Waals surface area (Å²) in [6, 6.07) is 0. The summed E-state index contributed by atoms with van der Waals surface area (Å²) in [5.41, 5.74) is 1.96. The van der Waals surface area contributed by atoms with E-state index in [0.29, 0.717) is 17.5 Å². The predicted octanol–water partition coefficient (Wildman–Crippen LogP) is 2.58. The van der Waals surface area contributed by atoms with Gasteiger partial charge in [-0.05, 0) is 5.92 Å². The lowest BCUT2D eigenvalue weighted by molar-refractivity contribution is 0.773. The Morgan fingerprint density at radius 3 is 2.65 bits per heavy atom. The van der Waals surface area contributed by atoms with Gasteiger partial charge >= 0.3 is 0 Å². The lowest BCUT2D eigenvalue weighted by atomic mass is 10.0. The molecular weight excluding hydrogens is 236 g/mol. The second-order valence-corrected chi connectivity index (χ2v) is 4.67. The molecule has 5 heteroatoms. The van der Waals surface area contributed by atoms with E-state index in [4.69, 9.17) is 11.6 Å². The van der Waals surface area contributed by atoms with Gasteiger partial charge < -0.3 is 4.57 Å². The Bertz CT molecular complexity index is 519. The molecule has 0 aliphatic carbocycles. The van der Waals surface area contributed by atoms with E-state index in [9.17, 15) is 0 Å². The first-order chi connectivity index (χ1) is 8.09. The molecule has 0 spiro atoms. The normalized spacial score (nSPS) is 11.1. The second kappa shape index (κ2) is 4.84. The fourth-order valence-corrected chi connectivity index (χ4v) is 2.21. The first kappa shape index (κ1) is 12.0. The third-order valence-corrected chi connectivity index (χ3v) is 3.04. The average Bonchev–Trinajstić information content (AvgIpc) is 2.64. The summed E-state index contributed by atoms with van der Waals surface area (Å²) in [5, 5.41) is 0.541. The molecule has 0 saturated heterocycles. The van der Waals surface area contributed by atoms with E-state index in [1.165, 1.54) is 6.33 Å². The van der Waals surface area contributed by atoms with Gasteiger partial charge in [-0.2, -0.15) is 0 Å². The van der Waals surface area contributed by atoms with Crippen molar-refractivity contribution in [3.05, 3.63) is 41.0 Å². The predicted molar refractivity (Wildman–Crippen MR) is 67.1 cm³/mol. The molecule has 0 aliphatic heterocycles. The van der Waals surface area contributed by atoms with Gasteiger partial charge in [0.15, 0.2) is 0 Å². The molecule has 90 valence electrons. The Kier molecular flexibility index (Phi) is 3.43. The molecule has 0 N–H and O–H groups in total. The van der Waals surface area contributed by atoms with E-state index in [1.807, 2.05) is 17.8 Å². The van der Waals surface area contributed by atoms with E-state index in [2.05, 4.69) is 28.8 Å². The van der Waals surface area contributed by atoms with Crippen molar-refractivity contribution in [3.63, 3.8) is 0 Å². The zero-order valence-electron chi connectivity index (χ0n) is 10.2. The first-order valence-corrected chi connectivity index (χ1v) is 5.93. The molecule has 2 aromatic heterocycles. The lowest BCUT2D eigenvalue weighted by Crippen LogP contribution is -2.06. The molecule has 0 atom stereocenters. The van der Waals surface area contributed by atoms with Crippen LogP contribution in [0.3, 0.4) is 0 Å². The average molecular weight is 251 g/mol. The highest BCUT2D eigenvalue weighted by molar-refractivity contribution is 6.30. The topological polar surface area (TPSA) is 43.6 Å². The zero-order valence-corrected chi connectivity index (χ0v) is 10.9. The quantitative estimate of drug-likeness (QED) is 0.787. The van der Waals surface area contributed by atoms with Crippen LogP contribution in [0.25, 0.3) is 0 Å². The summed E-state index contributed by atoms with van der Waals surface area (Å²) in [4.78, 5) is 12.7. The summed E-state index contributed by atoms with van der Waals surface area (Å²) in [5.74, 6) is 1.28. The van der Waals surface area contributed by atoms with Gasteiger partial charge in [0.2, 0.25) is 0 Å². The van der Waals surface area contributed by atoms with Crippen LogP contribution in [0.1, 0.15) is 36.8 Å². The van der Waals surface area contributed by atoms with Gasteiger partial charge in [-0.3, -0.25) is 0 Å². The number of hydrogen-bond donors (Lipinski definition) is 0. The van der Waals surface area contributed by atoms with Gasteiger partial charge in [0, 0.05) is 31.4 Å². The number of aryl methyl sites for hydroxylation is 1. The molecule has 0 unspecified atom stereocenters. The van der Waals surface area contributed by atoms with Gasteiger partial charge in [0.25, 0.3) is 0 Å².